The van der Waals surface area contributed by atoms with Gasteiger partial charge in [-0.1, -0.05) is 31.7 Å². The highest BCUT2D eigenvalue weighted by Gasteiger charge is 2.18. The Hall–Kier alpha value is -1.37. The van der Waals surface area contributed by atoms with E-state index in [2.05, 4.69) is 18.8 Å². The lowest BCUT2D eigenvalue weighted by molar-refractivity contribution is 0.0762. The molecule has 0 saturated heterocycles. The minimum atomic E-state index is -0.246. The SMILES string of the molecule is CC(C)c1nc(COCCO)n(C)c1Sc1cccc(F)c1. The molecule has 1 N–H and O–H groups in total. The van der Waals surface area contributed by atoms with Crippen LogP contribution in [0.25, 0.3) is 0 Å². The van der Waals surface area contributed by atoms with Crippen molar-refractivity contribution in [2.45, 2.75) is 36.3 Å². The van der Waals surface area contributed by atoms with Gasteiger partial charge in [0.15, 0.2) is 0 Å². The van der Waals surface area contributed by atoms with Gasteiger partial charge in [-0.3, -0.25) is 0 Å². The Bertz CT molecular complexity index is 629. The first-order chi connectivity index (χ1) is 10.5. The predicted molar refractivity (Wildman–Crippen MR) is 84.6 cm³/mol. The van der Waals surface area contributed by atoms with E-state index in [1.807, 2.05) is 17.7 Å². The average Bonchev–Trinajstić information content (AvgIpc) is 2.77. The summed E-state index contributed by atoms with van der Waals surface area (Å²) >= 11 is 1.50. The molecule has 0 saturated carbocycles. The van der Waals surface area contributed by atoms with E-state index in [4.69, 9.17) is 9.84 Å². The summed E-state index contributed by atoms with van der Waals surface area (Å²) in [4.78, 5) is 5.48. The Balaban J connectivity index is 2.28. The van der Waals surface area contributed by atoms with Crippen LogP contribution in [0.3, 0.4) is 0 Å². The number of hydrogen-bond donors (Lipinski definition) is 1. The van der Waals surface area contributed by atoms with E-state index in [0.29, 0.717) is 6.61 Å². The Morgan fingerprint density at radius 3 is 2.82 bits per heavy atom. The second-order valence-corrected chi connectivity index (χ2v) is 6.33. The molecule has 0 aliphatic heterocycles. The number of rotatable bonds is 7. The van der Waals surface area contributed by atoms with Crippen LogP contribution in [-0.2, 0) is 18.4 Å². The lowest BCUT2D eigenvalue weighted by Gasteiger charge is -2.09. The molecule has 4 nitrogen and oxygen atoms in total. The summed E-state index contributed by atoms with van der Waals surface area (Å²) in [7, 11) is 1.93. The molecule has 0 bridgehead atoms. The van der Waals surface area contributed by atoms with Gasteiger partial charge in [0, 0.05) is 11.9 Å². The third-order valence-electron chi connectivity index (χ3n) is 3.18. The highest BCUT2D eigenvalue weighted by Crippen LogP contribution is 2.34. The fourth-order valence-corrected chi connectivity index (χ4v) is 3.22. The van der Waals surface area contributed by atoms with Crippen LogP contribution in [0.15, 0.2) is 34.2 Å². The topological polar surface area (TPSA) is 47.3 Å². The van der Waals surface area contributed by atoms with Crippen LogP contribution < -0.4 is 0 Å². The zero-order chi connectivity index (χ0) is 16.1. The van der Waals surface area contributed by atoms with Crippen molar-refractivity contribution in [1.29, 1.82) is 0 Å². The number of aliphatic hydroxyl groups is 1. The molecule has 22 heavy (non-hydrogen) atoms. The number of imidazole rings is 1. The molecular formula is C16H21FN2O2S. The van der Waals surface area contributed by atoms with Crippen molar-refractivity contribution in [3.63, 3.8) is 0 Å². The van der Waals surface area contributed by atoms with E-state index >= 15 is 0 Å². The molecule has 0 fully saturated rings. The van der Waals surface area contributed by atoms with Crippen molar-refractivity contribution in [2.24, 2.45) is 7.05 Å². The fraction of sp³-hybridized carbons (Fsp3) is 0.438. The zero-order valence-electron chi connectivity index (χ0n) is 13.0. The minimum Gasteiger partial charge on any atom is -0.394 e. The van der Waals surface area contributed by atoms with E-state index in [9.17, 15) is 4.39 Å². The second kappa shape index (κ2) is 7.76. The van der Waals surface area contributed by atoms with Gasteiger partial charge in [-0.2, -0.15) is 0 Å². The summed E-state index contributed by atoms with van der Waals surface area (Å²) in [6.45, 7) is 4.79. The predicted octanol–water partition coefficient (Wildman–Crippen LogP) is 3.34. The van der Waals surface area contributed by atoms with Crippen LogP contribution in [0.1, 0.15) is 31.3 Å². The summed E-state index contributed by atoms with van der Waals surface area (Å²) in [5.74, 6) is 0.815. The molecule has 1 aromatic heterocycles. The summed E-state index contributed by atoms with van der Waals surface area (Å²) in [5, 5.41) is 9.78. The quantitative estimate of drug-likeness (QED) is 0.794. The number of nitrogens with zero attached hydrogens (tertiary/aromatic N) is 2. The minimum absolute atomic E-state index is 0.00758. The Labute approximate surface area is 134 Å². The molecule has 0 spiro atoms. The fourth-order valence-electron chi connectivity index (χ4n) is 2.05. The Morgan fingerprint density at radius 1 is 1.41 bits per heavy atom. The second-order valence-electron chi connectivity index (χ2n) is 5.27. The number of aliphatic hydroxyl groups excluding tert-OH is 1. The standard InChI is InChI=1S/C16H21FN2O2S/c1-11(2)15-16(22-13-6-4-5-12(17)9-13)19(3)14(18-15)10-21-8-7-20/h4-6,9,11,20H,7-8,10H2,1-3H3. The molecule has 0 unspecified atom stereocenters. The van der Waals surface area contributed by atoms with Crippen molar-refractivity contribution in [1.82, 2.24) is 9.55 Å². The van der Waals surface area contributed by atoms with E-state index in [0.717, 1.165) is 21.4 Å². The average molecular weight is 324 g/mol. The highest BCUT2D eigenvalue weighted by molar-refractivity contribution is 7.99. The molecule has 0 amide bonds. The van der Waals surface area contributed by atoms with Crippen molar-refractivity contribution >= 4 is 11.8 Å². The number of ether oxygens (including phenoxy) is 1. The smallest absolute Gasteiger partial charge is 0.135 e. The lowest BCUT2D eigenvalue weighted by atomic mass is 10.2. The molecule has 2 aromatic rings. The normalized spacial score (nSPS) is 11.4. The van der Waals surface area contributed by atoms with Crippen molar-refractivity contribution in [3.8, 4) is 0 Å². The lowest BCUT2D eigenvalue weighted by Crippen LogP contribution is -2.05. The van der Waals surface area contributed by atoms with Crippen LogP contribution >= 0.6 is 11.8 Å². The van der Waals surface area contributed by atoms with Gasteiger partial charge in [-0.05, 0) is 24.1 Å². The van der Waals surface area contributed by atoms with Gasteiger partial charge in [-0.15, -0.1) is 0 Å². The van der Waals surface area contributed by atoms with Crippen molar-refractivity contribution < 1.29 is 14.2 Å². The van der Waals surface area contributed by atoms with Crippen LogP contribution in [0.4, 0.5) is 4.39 Å². The molecule has 2 rings (SSSR count). The maximum absolute atomic E-state index is 13.4. The summed E-state index contributed by atoms with van der Waals surface area (Å²) in [6, 6.07) is 6.54. The molecule has 120 valence electrons. The van der Waals surface area contributed by atoms with Crippen LogP contribution in [0, 0.1) is 5.82 Å². The van der Waals surface area contributed by atoms with Crippen molar-refractivity contribution in [3.05, 3.63) is 41.6 Å². The van der Waals surface area contributed by atoms with E-state index in [-0.39, 0.29) is 24.9 Å². The first-order valence-corrected chi connectivity index (χ1v) is 8.02. The van der Waals surface area contributed by atoms with Gasteiger partial charge in [0.25, 0.3) is 0 Å². The molecule has 1 aromatic carbocycles. The molecule has 1 heterocycles. The Kier molecular flexibility index (Phi) is 5.99. The van der Waals surface area contributed by atoms with E-state index in [1.54, 1.807) is 6.07 Å². The molecule has 6 heteroatoms. The highest BCUT2D eigenvalue weighted by atomic mass is 32.2. The molecule has 0 aliphatic carbocycles. The maximum Gasteiger partial charge on any atom is 0.135 e. The number of aromatic nitrogens is 2. The molecule has 0 radical (unpaired) electrons. The third-order valence-corrected chi connectivity index (χ3v) is 4.35. The first-order valence-electron chi connectivity index (χ1n) is 7.20. The molecule has 0 aliphatic rings. The molecular weight excluding hydrogens is 303 g/mol. The largest absolute Gasteiger partial charge is 0.394 e. The van der Waals surface area contributed by atoms with Crippen LogP contribution in [-0.4, -0.2) is 27.9 Å². The van der Waals surface area contributed by atoms with E-state index in [1.165, 1.54) is 23.9 Å². The zero-order valence-corrected chi connectivity index (χ0v) is 13.9. The van der Waals surface area contributed by atoms with Gasteiger partial charge in [0.2, 0.25) is 0 Å². The summed E-state index contributed by atoms with van der Waals surface area (Å²) in [6.07, 6.45) is 0. The summed E-state index contributed by atoms with van der Waals surface area (Å²) < 4.78 is 20.7. The number of hydrogen-bond acceptors (Lipinski definition) is 4. The van der Waals surface area contributed by atoms with Crippen LogP contribution in [0.5, 0.6) is 0 Å². The van der Waals surface area contributed by atoms with E-state index < -0.39 is 0 Å². The summed E-state index contributed by atoms with van der Waals surface area (Å²) in [5.41, 5.74) is 0.972. The van der Waals surface area contributed by atoms with Crippen LogP contribution in [0.2, 0.25) is 0 Å². The van der Waals surface area contributed by atoms with Gasteiger partial charge in [0.1, 0.15) is 23.3 Å². The third kappa shape index (κ3) is 4.09. The number of benzene rings is 1. The Morgan fingerprint density at radius 2 is 2.18 bits per heavy atom. The monoisotopic (exact) mass is 324 g/mol. The first kappa shape index (κ1) is 17.0. The van der Waals surface area contributed by atoms with Gasteiger partial charge in [-0.25, -0.2) is 9.37 Å². The maximum atomic E-state index is 13.4. The van der Waals surface area contributed by atoms with Crippen molar-refractivity contribution in [2.75, 3.05) is 13.2 Å². The van der Waals surface area contributed by atoms with Gasteiger partial charge >= 0.3 is 0 Å². The van der Waals surface area contributed by atoms with Gasteiger partial charge < -0.3 is 14.4 Å². The molecule has 0 atom stereocenters. The number of halogens is 1. The van der Waals surface area contributed by atoms with Gasteiger partial charge in [0.05, 0.1) is 18.9 Å².